The SMILES string of the molecule is CCCC(C#N)(CCC)C(=O)NCc1ccccc1Cl. The number of hydrogen-bond donors (Lipinski definition) is 1. The van der Waals surface area contributed by atoms with E-state index in [9.17, 15) is 10.1 Å². The molecule has 1 rings (SSSR count). The quantitative estimate of drug-likeness (QED) is 0.823. The molecule has 1 amide bonds. The fourth-order valence-electron chi connectivity index (χ4n) is 2.35. The predicted molar refractivity (Wildman–Crippen MR) is 81.2 cm³/mol. The van der Waals surface area contributed by atoms with Gasteiger partial charge in [0, 0.05) is 11.6 Å². The molecule has 0 aliphatic carbocycles. The standard InChI is InChI=1S/C16H21ClN2O/c1-3-9-16(12-18,10-4-2)15(20)19-11-13-7-5-6-8-14(13)17/h5-8H,3-4,9-11H2,1-2H3,(H,19,20). The molecule has 0 aromatic heterocycles. The Kier molecular flexibility index (Phi) is 6.54. The largest absolute Gasteiger partial charge is 0.351 e. The van der Waals surface area contributed by atoms with Gasteiger partial charge in [-0.15, -0.1) is 0 Å². The number of rotatable bonds is 7. The molecule has 0 radical (unpaired) electrons. The second-order valence-corrected chi connectivity index (χ2v) is 5.38. The molecule has 1 aromatic carbocycles. The number of carbonyl (C=O) groups is 1. The topological polar surface area (TPSA) is 52.9 Å². The van der Waals surface area contributed by atoms with E-state index in [1.807, 2.05) is 32.0 Å². The van der Waals surface area contributed by atoms with Crippen LogP contribution < -0.4 is 5.32 Å². The first-order valence-electron chi connectivity index (χ1n) is 7.02. The second-order valence-electron chi connectivity index (χ2n) is 4.97. The maximum Gasteiger partial charge on any atom is 0.240 e. The Morgan fingerprint density at radius 2 is 1.90 bits per heavy atom. The number of nitrogens with one attached hydrogen (secondary N) is 1. The van der Waals surface area contributed by atoms with E-state index in [2.05, 4.69) is 11.4 Å². The lowest BCUT2D eigenvalue weighted by molar-refractivity contribution is -0.129. The highest BCUT2D eigenvalue weighted by Gasteiger charge is 2.36. The molecule has 0 aliphatic heterocycles. The van der Waals surface area contributed by atoms with E-state index in [4.69, 9.17) is 11.6 Å². The summed E-state index contributed by atoms with van der Waals surface area (Å²) in [4.78, 5) is 12.4. The Bertz CT molecular complexity index is 487. The van der Waals surface area contributed by atoms with Crippen LogP contribution in [0.5, 0.6) is 0 Å². The van der Waals surface area contributed by atoms with Crippen molar-refractivity contribution in [3.63, 3.8) is 0 Å². The number of carbonyl (C=O) groups excluding carboxylic acids is 1. The highest BCUT2D eigenvalue weighted by molar-refractivity contribution is 6.31. The Labute approximate surface area is 125 Å². The van der Waals surface area contributed by atoms with Gasteiger partial charge in [0.15, 0.2) is 0 Å². The summed E-state index contributed by atoms with van der Waals surface area (Å²) in [5.74, 6) is -0.191. The molecule has 1 N–H and O–H groups in total. The van der Waals surface area contributed by atoms with Crippen LogP contribution in [-0.2, 0) is 11.3 Å². The molecule has 4 heteroatoms. The zero-order chi connectivity index (χ0) is 15.0. The van der Waals surface area contributed by atoms with Gasteiger partial charge in [-0.2, -0.15) is 5.26 Å². The molecule has 0 saturated heterocycles. The summed E-state index contributed by atoms with van der Waals surface area (Å²) in [6.45, 7) is 4.33. The molecular weight excluding hydrogens is 272 g/mol. The second kappa shape index (κ2) is 7.91. The summed E-state index contributed by atoms with van der Waals surface area (Å²) < 4.78 is 0. The smallest absolute Gasteiger partial charge is 0.240 e. The van der Waals surface area contributed by atoms with E-state index in [-0.39, 0.29) is 5.91 Å². The van der Waals surface area contributed by atoms with Crippen molar-refractivity contribution in [1.29, 1.82) is 5.26 Å². The molecule has 108 valence electrons. The average Bonchev–Trinajstić information content (AvgIpc) is 2.45. The molecule has 0 unspecified atom stereocenters. The number of amides is 1. The maximum absolute atomic E-state index is 12.4. The number of benzene rings is 1. The van der Waals surface area contributed by atoms with Crippen molar-refractivity contribution in [1.82, 2.24) is 5.32 Å². The van der Waals surface area contributed by atoms with Gasteiger partial charge in [0.25, 0.3) is 0 Å². The number of halogens is 1. The zero-order valence-electron chi connectivity index (χ0n) is 12.1. The molecular formula is C16H21ClN2O. The molecule has 0 heterocycles. The summed E-state index contributed by atoms with van der Waals surface area (Å²) in [6.07, 6.45) is 2.80. The third kappa shape index (κ3) is 3.98. The number of nitriles is 1. The Morgan fingerprint density at radius 1 is 1.30 bits per heavy atom. The lowest BCUT2D eigenvalue weighted by Crippen LogP contribution is -2.39. The van der Waals surface area contributed by atoms with Gasteiger partial charge >= 0.3 is 0 Å². The van der Waals surface area contributed by atoms with Crippen molar-refractivity contribution in [2.75, 3.05) is 0 Å². The summed E-state index contributed by atoms with van der Waals surface area (Å²) >= 11 is 6.06. The predicted octanol–water partition coefficient (Wildman–Crippen LogP) is 4.07. The minimum atomic E-state index is -0.912. The Morgan fingerprint density at radius 3 is 2.40 bits per heavy atom. The Balaban J connectivity index is 2.77. The third-order valence-electron chi connectivity index (χ3n) is 3.40. The molecule has 0 bridgehead atoms. The highest BCUT2D eigenvalue weighted by Crippen LogP contribution is 2.29. The molecule has 20 heavy (non-hydrogen) atoms. The van der Waals surface area contributed by atoms with Gasteiger partial charge in [-0.25, -0.2) is 0 Å². The van der Waals surface area contributed by atoms with Gasteiger partial charge in [0.05, 0.1) is 6.07 Å². The van der Waals surface area contributed by atoms with Crippen LogP contribution in [0.25, 0.3) is 0 Å². The molecule has 0 fully saturated rings. The van der Waals surface area contributed by atoms with Crippen molar-refractivity contribution >= 4 is 17.5 Å². The van der Waals surface area contributed by atoms with E-state index in [0.29, 0.717) is 24.4 Å². The lowest BCUT2D eigenvalue weighted by atomic mass is 9.79. The van der Waals surface area contributed by atoms with Gasteiger partial charge in [-0.3, -0.25) is 4.79 Å². The first-order chi connectivity index (χ1) is 9.59. The summed E-state index contributed by atoms with van der Waals surface area (Å²) in [6, 6.07) is 9.61. The van der Waals surface area contributed by atoms with Crippen LogP contribution in [0, 0.1) is 16.7 Å². The fraction of sp³-hybridized carbons (Fsp3) is 0.500. The third-order valence-corrected chi connectivity index (χ3v) is 3.77. The van der Waals surface area contributed by atoms with Crippen LogP contribution in [-0.4, -0.2) is 5.91 Å². The molecule has 0 atom stereocenters. The van der Waals surface area contributed by atoms with E-state index < -0.39 is 5.41 Å². The molecule has 0 spiro atoms. The van der Waals surface area contributed by atoms with Crippen molar-refractivity contribution < 1.29 is 4.79 Å². The van der Waals surface area contributed by atoms with Crippen molar-refractivity contribution in [2.24, 2.45) is 5.41 Å². The number of nitrogens with zero attached hydrogens (tertiary/aromatic N) is 1. The van der Waals surface area contributed by atoms with Crippen LogP contribution >= 0.6 is 11.6 Å². The average molecular weight is 293 g/mol. The Hall–Kier alpha value is -1.53. The van der Waals surface area contributed by atoms with Crippen LogP contribution in [0.15, 0.2) is 24.3 Å². The van der Waals surface area contributed by atoms with Gasteiger partial charge in [0.1, 0.15) is 5.41 Å². The van der Waals surface area contributed by atoms with Crippen LogP contribution in [0.1, 0.15) is 45.1 Å². The summed E-state index contributed by atoms with van der Waals surface area (Å²) in [5, 5.41) is 12.9. The summed E-state index contributed by atoms with van der Waals surface area (Å²) in [5.41, 5.74) is -0.0487. The fourth-order valence-corrected chi connectivity index (χ4v) is 2.56. The molecule has 0 saturated carbocycles. The van der Waals surface area contributed by atoms with E-state index in [0.717, 1.165) is 18.4 Å². The van der Waals surface area contributed by atoms with Crippen LogP contribution in [0.2, 0.25) is 5.02 Å². The minimum absolute atomic E-state index is 0.191. The van der Waals surface area contributed by atoms with Crippen LogP contribution in [0.3, 0.4) is 0 Å². The summed E-state index contributed by atoms with van der Waals surface area (Å²) in [7, 11) is 0. The minimum Gasteiger partial charge on any atom is -0.351 e. The zero-order valence-corrected chi connectivity index (χ0v) is 12.8. The van der Waals surface area contributed by atoms with Gasteiger partial charge in [-0.1, -0.05) is 56.5 Å². The molecule has 0 aliphatic rings. The van der Waals surface area contributed by atoms with E-state index in [1.165, 1.54) is 0 Å². The molecule has 1 aromatic rings. The highest BCUT2D eigenvalue weighted by atomic mass is 35.5. The van der Waals surface area contributed by atoms with Crippen molar-refractivity contribution in [3.8, 4) is 6.07 Å². The first-order valence-corrected chi connectivity index (χ1v) is 7.40. The normalized spacial score (nSPS) is 10.9. The maximum atomic E-state index is 12.4. The number of hydrogen-bond acceptors (Lipinski definition) is 2. The lowest BCUT2D eigenvalue weighted by Gasteiger charge is -2.24. The van der Waals surface area contributed by atoms with Gasteiger partial charge in [0.2, 0.25) is 5.91 Å². The molecule has 3 nitrogen and oxygen atoms in total. The van der Waals surface area contributed by atoms with E-state index in [1.54, 1.807) is 6.07 Å². The van der Waals surface area contributed by atoms with Gasteiger partial charge in [-0.05, 0) is 24.5 Å². The first kappa shape index (κ1) is 16.5. The monoisotopic (exact) mass is 292 g/mol. The van der Waals surface area contributed by atoms with Crippen molar-refractivity contribution in [2.45, 2.75) is 46.1 Å². The van der Waals surface area contributed by atoms with Crippen LogP contribution in [0.4, 0.5) is 0 Å². The van der Waals surface area contributed by atoms with Gasteiger partial charge < -0.3 is 5.32 Å². The van der Waals surface area contributed by atoms with Crippen molar-refractivity contribution in [3.05, 3.63) is 34.9 Å². The van der Waals surface area contributed by atoms with E-state index >= 15 is 0 Å².